The van der Waals surface area contributed by atoms with Gasteiger partial charge in [0.2, 0.25) is 0 Å². The molecule has 2 rings (SSSR count). The van der Waals surface area contributed by atoms with Gasteiger partial charge >= 0.3 is 0 Å². The zero-order valence-corrected chi connectivity index (χ0v) is 7.71. The third-order valence-corrected chi connectivity index (χ3v) is 3.57. The molecular weight excluding hydrogens is 152 g/mol. The van der Waals surface area contributed by atoms with Crippen LogP contribution in [0.2, 0.25) is 0 Å². The van der Waals surface area contributed by atoms with Gasteiger partial charge in [0, 0.05) is 9.75 Å². The molecule has 0 aliphatic heterocycles. The van der Waals surface area contributed by atoms with Crippen LogP contribution in [0, 0.1) is 6.42 Å². The van der Waals surface area contributed by atoms with E-state index in [1.54, 1.807) is 9.75 Å². The summed E-state index contributed by atoms with van der Waals surface area (Å²) in [6, 6.07) is 2.36. The van der Waals surface area contributed by atoms with E-state index in [1.807, 2.05) is 11.3 Å². The fourth-order valence-corrected chi connectivity index (χ4v) is 2.72. The van der Waals surface area contributed by atoms with E-state index in [1.165, 1.54) is 31.2 Å². The smallest absolute Gasteiger partial charge is 0.00832 e. The molecule has 59 valence electrons. The summed E-state index contributed by atoms with van der Waals surface area (Å²) >= 11 is 2.00. The molecule has 1 heteroatoms. The number of thiophene rings is 1. The number of hydrogen-bond acceptors (Lipinski definition) is 1. The Morgan fingerprint density at radius 1 is 1.55 bits per heavy atom. The van der Waals surface area contributed by atoms with Gasteiger partial charge in [0.15, 0.2) is 0 Å². The fraction of sp³-hybridized carbons (Fsp3) is 0.500. The molecule has 0 nitrogen and oxygen atoms in total. The van der Waals surface area contributed by atoms with Crippen molar-refractivity contribution in [2.75, 3.05) is 0 Å². The Hall–Kier alpha value is -0.300. The van der Waals surface area contributed by atoms with E-state index in [-0.39, 0.29) is 0 Å². The van der Waals surface area contributed by atoms with Crippen molar-refractivity contribution in [3.63, 3.8) is 0 Å². The SMILES string of the molecule is CCc1cc2c(s1)CCC[CH]2. The average molecular weight is 165 g/mol. The Bertz CT molecular complexity index is 224. The molecule has 1 aliphatic carbocycles. The predicted octanol–water partition coefficient (Wildman–Crippen LogP) is 3.20. The molecule has 0 spiro atoms. The Morgan fingerprint density at radius 3 is 3.18 bits per heavy atom. The van der Waals surface area contributed by atoms with Gasteiger partial charge in [0.1, 0.15) is 0 Å². The monoisotopic (exact) mass is 165 g/mol. The minimum atomic E-state index is 1.20. The Morgan fingerprint density at radius 2 is 2.45 bits per heavy atom. The van der Waals surface area contributed by atoms with E-state index in [4.69, 9.17) is 0 Å². The Labute approximate surface area is 72.3 Å². The number of rotatable bonds is 1. The normalized spacial score (nSPS) is 16.5. The van der Waals surface area contributed by atoms with Crippen molar-refractivity contribution >= 4 is 11.3 Å². The summed E-state index contributed by atoms with van der Waals surface area (Å²) in [5.41, 5.74) is 1.53. The van der Waals surface area contributed by atoms with Crippen LogP contribution in [-0.2, 0) is 12.8 Å². The Balaban J connectivity index is 2.32. The second-order valence-electron chi connectivity index (χ2n) is 3.04. The minimum Gasteiger partial charge on any atom is -0.145 e. The lowest BCUT2D eigenvalue weighted by molar-refractivity contribution is 0.789. The quantitative estimate of drug-likeness (QED) is 0.599. The molecule has 0 N–H and O–H groups in total. The van der Waals surface area contributed by atoms with E-state index < -0.39 is 0 Å². The molecule has 1 radical (unpaired) electrons. The summed E-state index contributed by atoms with van der Waals surface area (Å²) in [6.07, 6.45) is 7.54. The number of hydrogen-bond donors (Lipinski definition) is 0. The topological polar surface area (TPSA) is 0 Å². The van der Waals surface area contributed by atoms with Crippen molar-refractivity contribution in [2.45, 2.75) is 32.6 Å². The molecule has 1 heterocycles. The van der Waals surface area contributed by atoms with E-state index >= 15 is 0 Å². The molecule has 1 aromatic heterocycles. The molecule has 1 aliphatic rings. The highest BCUT2D eigenvalue weighted by atomic mass is 32.1. The zero-order valence-electron chi connectivity index (χ0n) is 6.89. The molecule has 0 saturated heterocycles. The maximum Gasteiger partial charge on any atom is 0.00832 e. The highest BCUT2D eigenvalue weighted by Gasteiger charge is 2.12. The van der Waals surface area contributed by atoms with Gasteiger partial charge in [-0.25, -0.2) is 0 Å². The van der Waals surface area contributed by atoms with Crippen molar-refractivity contribution in [3.05, 3.63) is 27.8 Å². The first-order chi connectivity index (χ1) is 5.40. The summed E-state index contributed by atoms with van der Waals surface area (Å²) in [5.74, 6) is 0. The van der Waals surface area contributed by atoms with Crippen LogP contribution >= 0.6 is 11.3 Å². The number of fused-ring (bicyclic) bond motifs is 1. The standard InChI is InChI=1S/C10H13S/c1-2-9-7-8-5-3-4-6-10(8)11-9/h5,7H,2-4,6H2,1H3. The third kappa shape index (κ3) is 1.34. The minimum absolute atomic E-state index is 1.20. The maximum absolute atomic E-state index is 2.38. The van der Waals surface area contributed by atoms with Crippen molar-refractivity contribution in [3.8, 4) is 0 Å². The van der Waals surface area contributed by atoms with Gasteiger partial charge in [-0.2, -0.15) is 0 Å². The molecule has 0 amide bonds. The van der Waals surface area contributed by atoms with Gasteiger partial charge in [-0.15, -0.1) is 11.3 Å². The van der Waals surface area contributed by atoms with Crippen LogP contribution in [0.4, 0.5) is 0 Å². The van der Waals surface area contributed by atoms with Crippen LogP contribution in [0.15, 0.2) is 6.07 Å². The predicted molar refractivity (Wildman–Crippen MR) is 50.0 cm³/mol. The molecule has 0 unspecified atom stereocenters. The molecule has 11 heavy (non-hydrogen) atoms. The Kier molecular flexibility index (Phi) is 1.99. The molecular formula is C10H13S. The molecule has 0 saturated carbocycles. The lowest BCUT2D eigenvalue weighted by atomic mass is 9.99. The summed E-state index contributed by atoms with van der Waals surface area (Å²) < 4.78 is 0. The summed E-state index contributed by atoms with van der Waals surface area (Å²) in [5, 5.41) is 0. The fourth-order valence-electron chi connectivity index (χ4n) is 1.56. The van der Waals surface area contributed by atoms with Crippen LogP contribution in [0.5, 0.6) is 0 Å². The van der Waals surface area contributed by atoms with E-state index in [0.717, 1.165) is 0 Å². The molecule has 0 aromatic carbocycles. The highest BCUT2D eigenvalue weighted by Crippen LogP contribution is 2.30. The van der Waals surface area contributed by atoms with Gasteiger partial charge < -0.3 is 0 Å². The van der Waals surface area contributed by atoms with Crippen LogP contribution in [0.25, 0.3) is 0 Å². The lowest BCUT2D eigenvalue weighted by Crippen LogP contribution is -1.94. The van der Waals surface area contributed by atoms with Gasteiger partial charge in [-0.3, -0.25) is 0 Å². The molecule has 0 bridgehead atoms. The third-order valence-electron chi connectivity index (χ3n) is 2.21. The second-order valence-corrected chi connectivity index (χ2v) is 4.26. The molecule has 0 fully saturated rings. The highest BCUT2D eigenvalue weighted by molar-refractivity contribution is 7.12. The summed E-state index contributed by atoms with van der Waals surface area (Å²) in [7, 11) is 0. The van der Waals surface area contributed by atoms with Gasteiger partial charge in [-0.05, 0) is 43.7 Å². The van der Waals surface area contributed by atoms with Gasteiger partial charge in [0.25, 0.3) is 0 Å². The lowest BCUT2D eigenvalue weighted by Gasteiger charge is -2.08. The van der Waals surface area contributed by atoms with Crippen molar-refractivity contribution in [1.82, 2.24) is 0 Å². The summed E-state index contributed by atoms with van der Waals surface area (Å²) in [4.78, 5) is 3.17. The van der Waals surface area contributed by atoms with Crippen LogP contribution < -0.4 is 0 Å². The first-order valence-corrected chi connectivity index (χ1v) is 5.16. The van der Waals surface area contributed by atoms with Gasteiger partial charge in [0.05, 0.1) is 0 Å². The first kappa shape index (κ1) is 7.35. The maximum atomic E-state index is 2.38. The molecule has 0 atom stereocenters. The van der Waals surface area contributed by atoms with Crippen molar-refractivity contribution < 1.29 is 0 Å². The van der Waals surface area contributed by atoms with Crippen LogP contribution in [0.1, 0.15) is 35.1 Å². The van der Waals surface area contributed by atoms with Crippen LogP contribution in [-0.4, -0.2) is 0 Å². The number of aryl methyl sites for hydroxylation is 2. The second kappa shape index (κ2) is 2.98. The van der Waals surface area contributed by atoms with E-state index in [0.29, 0.717) is 0 Å². The molecule has 1 aromatic rings. The first-order valence-electron chi connectivity index (χ1n) is 4.35. The van der Waals surface area contributed by atoms with Crippen LogP contribution in [0.3, 0.4) is 0 Å². The van der Waals surface area contributed by atoms with Crippen molar-refractivity contribution in [1.29, 1.82) is 0 Å². The average Bonchev–Trinajstić information content (AvgIpc) is 2.46. The van der Waals surface area contributed by atoms with E-state index in [9.17, 15) is 0 Å². The van der Waals surface area contributed by atoms with Gasteiger partial charge in [-0.1, -0.05) is 6.92 Å². The summed E-state index contributed by atoms with van der Waals surface area (Å²) in [6.45, 7) is 2.23. The largest absolute Gasteiger partial charge is 0.145 e. The van der Waals surface area contributed by atoms with Crippen molar-refractivity contribution in [2.24, 2.45) is 0 Å². The van der Waals surface area contributed by atoms with E-state index in [2.05, 4.69) is 19.4 Å². The zero-order chi connectivity index (χ0) is 7.68.